The Balaban J connectivity index is 1.97. The number of aromatic nitrogens is 2. The summed E-state index contributed by atoms with van der Waals surface area (Å²) in [7, 11) is 4.20. The first kappa shape index (κ1) is 17.2. The van der Waals surface area contributed by atoms with E-state index in [9.17, 15) is 0 Å². The van der Waals surface area contributed by atoms with Crippen molar-refractivity contribution >= 4 is 17.5 Å². The molecule has 2 aromatic rings. The van der Waals surface area contributed by atoms with Gasteiger partial charge in [0.05, 0.1) is 0 Å². The van der Waals surface area contributed by atoms with Gasteiger partial charge in [0.1, 0.15) is 5.82 Å². The molecule has 1 aromatic carbocycles. The van der Waals surface area contributed by atoms with Gasteiger partial charge in [0.2, 0.25) is 5.95 Å². The van der Waals surface area contributed by atoms with Crippen LogP contribution in [0.2, 0.25) is 0 Å². The summed E-state index contributed by atoms with van der Waals surface area (Å²) in [6, 6.07) is 8.73. The highest BCUT2D eigenvalue weighted by Crippen LogP contribution is 2.19. The molecule has 0 aliphatic carbocycles. The van der Waals surface area contributed by atoms with E-state index in [1.165, 1.54) is 11.1 Å². The minimum absolute atomic E-state index is 0.539. The molecule has 5 heteroatoms. The van der Waals surface area contributed by atoms with Crippen molar-refractivity contribution in [2.45, 2.75) is 33.2 Å². The van der Waals surface area contributed by atoms with Crippen molar-refractivity contribution in [3.8, 4) is 0 Å². The minimum Gasteiger partial charge on any atom is -0.370 e. The number of rotatable bonds is 7. The Labute approximate surface area is 139 Å². The lowest BCUT2D eigenvalue weighted by Gasteiger charge is -2.19. The van der Waals surface area contributed by atoms with Gasteiger partial charge in [-0.15, -0.1) is 0 Å². The molecule has 1 aromatic heterocycles. The van der Waals surface area contributed by atoms with Gasteiger partial charge < -0.3 is 15.5 Å². The lowest BCUT2D eigenvalue weighted by molar-refractivity contribution is 0.304. The summed E-state index contributed by atoms with van der Waals surface area (Å²) in [6.07, 6.45) is 2.84. The number of nitrogens with zero attached hydrogens (tertiary/aromatic N) is 3. The average Bonchev–Trinajstić information content (AvgIpc) is 2.50. The molecule has 1 unspecified atom stereocenters. The van der Waals surface area contributed by atoms with Crippen LogP contribution in [-0.2, 0) is 0 Å². The van der Waals surface area contributed by atoms with Crippen LogP contribution in [0.3, 0.4) is 0 Å². The van der Waals surface area contributed by atoms with Gasteiger partial charge in [-0.05, 0) is 59.0 Å². The van der Waals surface area contributed by atoms with Gasteiger partial charge in [0, 0.05) is 24.5 Å². The van der Waals surface area contributed by atoms with E-state index >= 15 is 0 Å². The van der Waals surface area contributed by atoms with Gasteiger partial charge in [0.15, 0.2) is 0 Å². The molecule has 0 fully saturated rings. The third-order valence-corrected chi connectivity index (χ3v) is 4.03. The highest BCUT2D eigenvalue weighted by molar-refractivity contribution is 5.59. The van der Waals surface area contributed by atoms with Crippen LogP contribution in [0.15, 0.2) is 30.5 Å². The van der Waals surface area contributed by atoms with Gasteiger partial charge in [-0.2, -0.15) is 4.98 Å². The molecule has 2 N–H and O–H groups in total. The van der Waals surface area contributed by atoms with E-state index in [0.717, 1.165) is 24.5 Å². The Morgan fingerprint density at radius 1 is 1.17 bits per heavy atom. The molecule has 0 spiro atoms. The molecule has 2 rings (SSSR count). The van der Waals surface area contributed by atoms with Gasteiger partial charge in [-0.1, -0.05) is 17.7 Å². The van der Waals surface area contributed by atoms with Crippen molar-refractivity contribution < 1.29 is 0 Å². The minimum atomic E-state index is 0.539. The molecule has 0 amide bonds. The number of nitrogens with one attached hydrogen (secondary N) is 2. The number of aryl methyl sites for hydroxylation is 2. The van der Waals surface area contributed by atoms with Crippen molar-refractivity contribution in [3.05, 3.63) is 41.6 Å². The molecule has 5 nitrogen and oxygen atoms in total. The first-order valence-electron chi connectivity index (χ1n) is 8.03. The normalized spacial score (nSPS) is 12.3. The molecule has 0 aliphatic rings. The standard InChI is InChI=1S/C18H27N5/c1-13-6-7-16(14(2)12-13)21-18-20-11-9-17(22-18)19-10-8-15(3)23(4)5/h6-7,9,11-12,15H,8,10H2,1-5H3,(H2,19,20,21,22). The van der Waals surface area contributed by atoms with Crippen LogP contribution in [0.1, 0.15) is 24.5 Å². The van der Waals surface area contributed by atoms with E-state index in [2.05, 4.69) is 78.6 Å². The zero-order valence-electron chi connectivity index (χ0n) is 14.7. The monoisotopic (exact) mass is 313 g/mol. The fourth-order valence-electron chi connectivity index (χ4n) is 2.26. The lowest BCUT2D eigenvalue weighted by atomic mass is 10.1. The van der Waals surface area contributed by atoms with Crippen LogP contribution >= 0.6 is 0 Å². The Kier molecular flexibility index (Phi) is 5.93. The quantitative estimate of drug-likeness (QED) is 0.818. The fourth-order valence-corrected chi connectivity index (χ4v) is 2.26. The van der Waals surface area contributed by atoms with Crippen molar-refractivity contribution in [1.29, 1.82) is 0 Å². The predicted molar refractivity (Wildman–Crippen MR) is 97.5 cm³/mol. The molecular weight excluding hydrogens is 286 g/mol. The van der Waals surface area contributed by atoms with Crippen LogP contribution in [0.5, 0.6) is 0 Å². The van der Waals surface area contributed by atoms with Crippen LogP contribution in [0, 0.1) is 13.8 Å². The second kappa shape index (κ2) is 7.92. The first-order chi connectivity index (χ1) is 11.0. The molecule has 0 saturated carbocycles. The van der Waals surface area contributed by atoms with Crippen molar-refractivity contribution in [3.63, 3.8) is 0 Å². The molecule has 0 aliphatic heterocycles. The summed E-state index contributed by atoms with van der Waals surface area (Å²) < 4.78 is 0. The van der Waals surface area contributed by atoms with E-state index in [1.807, 2.05) is 6.07 Å². The van der Waals surface area contributed by atoms with E-state index in [-0.39, 0.29) is 0 Å². The number of anilines is 3. The highest BCUT2D eigenvalue weighted by Gasteiger charge is 2.05. The first-order valence-corrected chi connectivity index (χ1v) is 8.03. The molecule has 0 radical (unpaired) electrons. The smallest absolute Gasteiger partial charge is 0.229 e. The molecule has 1 atom stereocenters. The Bertz CT molecular complexity index is 639. The second-order valence-electron chi connectivity index (χ2n) is 6.24. The maximum absolute atomic E-state index is 4.53. The average molecular weight is 313 g/mol. The zero-order valence-corrected chi connectivity index (χ0v) is 14.7. The number of benzene rings is 1. The largest absolute Gasteiger partial charge is 0.370 e. The molecule has 124 valence electrons. The van der Waals surface area contributed by atoms with Gasteiger partial charge in [-0.25, -0.2) is 4.98 Å². The summed E-state index contributed by atoms with van der Waals surface area (Å²) in [5, 5.41) is 6.65. The van der Waals surface area contributed by atoms with E-state index < -0.39 is 0 Å². The molecule has 0 saturated heterocycles. The number of hydrogen-bond donors (Lipinski definition) is 2. The van der Waals surface area contributed by atoms with Gasteiger partial charge in [0.25, 0.3) is 0 Å². The van der Waals surface area contributed by atoms with E-state index in [1.54, 1.807) is 6.20 Å². The molecule has 23 heavy (non-hydrogen) atoms. The summed E-state index contributed by atoms with van der Waals surface area (Å²) in [5.41, 5.74) is 3.47. The van der Waals surface area contributed by atoms with Crippen LogP contribution in [0.25, 0.3) is 0 Å². The highest BCUT2D eigenvalue weighted by atomic mass is 15.1. The Morgan fingerprint density at radius 2 is 1.96 bits per heavy atom. The van der Waals surface area contributed by atoms with Crippen molar-refractivity contribution in [1.82, 2.24) is 14.9 Å². The molecular formula is C18H27N5. The summed E-state index contributed by atoms with van der Waals surface area (Å²) in [4.78, 5) is 11.0. The van der Waals surface area contributed by atoms with E-state index in [0.29, 0.717) is 12.0 Å². The van der Waals surface area contributed by atoms with Crippen LogP contribution in [-0.4, -0.2) is 41.5 Å². The Morgan fingerprint density at radius 3 is 2.65 bits per heavy atom. The summed E-state index contributed by atoms with van der Waals surface area (Å²) in [6.45, 7) is 7.28. The zero-order chi connectivity index (χ0) is 16.8. The summed E-state index contributed by atoms with van der Waals surface area (Å²) in [5.74, 6) is 1.46. The maximum Gasteiger partial charge on any atom is 0.229 e. The summed E-state index contributed by atoms with van der Waals surface area (Å²) >= 11 is 0. The third kappa shape index (κ3) is 5.21. The van der Waals surface area contributed by atoms with Crippen LogP contribution < -0.4 is 10.6 Å². The van der Waals surface area contributed by atoms with Gasteiger partial charge in [-0.3, -0.25) is 0 Å². The van der Waals surface area contributed by atoms with Gasteiger partial charge >= 0.3 is 0 Å². The number of hydrogen-bond acceptors (Lipinski definition) is 5. The molecule has 0 bridgehead atoms. The lowest BCUT2D eigenvalue weighted by Crippen LogP contribution is -2.26. The maximum atomic E-state index is 4.53. The second-order valence-corrected chi connectivity index (χ2v) is 6.24. The predicted octanol–water partition coefficient (Wildman–Crippen LogP) is 3.59. The van der Waals surface area contributed by atoms with Crippen LogP contribution in [0.4, 0.5) is 17.5 Å². The third-order valence-electron chi connectivity index (χ3n) is 4.03. The topological polar surface area (TPSA) is 53.1 Å². The van der Waals surface area contributed by atoms with Crippen molar-refractivity contribution in [2.24, 2.45) is 0 Å². The Hall–Kier alpha value is -2.14. The van der Waals surface area contributed by atoms with Crippen molar-refractivity contribution in [2.75, 3.05) is 31.3 Å². The SMILES string of the molecule is Cc1ccc(Nc2nccc(NCCC(C)N(C)C)n2)c(C)c1. The van der Waals surface area contributed by atoms with E-state index in [4.69, 9.17) is 0 Å². The molecule has 1 heterocycles. The fraction of sp³-hybridized carbons (Fsp3) is 0.444.